The van der Waals surface area contributed by atoms with Crippen LogP contribution in [0.5, 0.6) is 11.5 Å². The smallest absolute Gasteiger partial charge is 0.343 e. The van der Waals surface area contributed by atoms with Gasteiger partial charge in [-0.3, -0.25) is 4.98 Å². The average Bonchev–Trinajstić information content (AvgIpc) is 2.69. The molecule has 1 aromatic carbocycles. The van der Waals surface area contributed by atoms with E-state index in [-0.39, 0.29) is 5.69 Å². The van der Waals surface area contributed by atoms with Gasteiger partial charge in [-0.15, -0.1) is 0 Å². The first kappa shape index (κ1) is 9.95. The van der Waals surface area contributed by atoms with E-state index in [0.717, 1.165) is 11.3 Å². The lowest BCUT2D eigenvalue weighted by Gasteiger charge is -2.18. The molecule has 3 rings (SSSR count). The van der Waals surface area contributed by atoms with Crippen molar-refractivity contribution in [1.29, 1.82) is 0 Å². The van der Waals surface area contributed by atoms with Gasteiger partial charge < -0.3 is 9.47 Å². The Hall–Kier alpha value is -2.24. The number of nitrogens with one attached hydrogen (secondary N) is 1. The molecule has 17 heavy (non-hydrogen) atoms. The second-order valence-electron chi connectivity index (χ2n) is 3.76. The molecule has 0 amide bonds. The van der Waals surface area contributed by atoms with Crippen LogP contribution in [0.15, 0.2) is 23.0 Å². The standard InChI is InChI=1S/C11H11N3O3/c1-14-11(15)12-10(13-14)7-2-3-8-9(6-7)17-5-4-16-8/h2-3,6H,4-5H2,1H3,(H,12,13,15). The van der Waals surface area contributed by atoms with Gasteiger partial charge in [0.15, 0.2) is 17.3 Å². The van der Waals surface area contributed by atoms with E-state index in [1.54, 1.807) is 7.05 Å². The van der Waals surface area contributed by atoms with Crippen molar-refractivity contribution in [2.24, 2.45) is 7.05 Å². The Morgan fingerprint density at radius 2 is 2.06 bits per heavy atom. The topological polar surface area (TPSA) is 69.1 Å². The zero-order valence-electron chi connectivity index (χ0n) is 9.27. The fraction of sp³-hybridized carbons (Fsp3) is 0.273. The van der Waals surface area contributed by atoms with Crippen LogP contribution in [-0.4, -0.2) is 28.0 Å². The lowest BCUT2D eigenvalue weighted by atomic mass is 10.2. The molecule has 6 heteroatoms. The van der Waals surface area contributed by atoms with Crippen LogP contribution in [-0.2, 0) is 7.05 Å². The van der Waals surface area contributed by atoms with Crippen molar-refractivity contribution in [3.63, 3.8) is 0 Å². The van der Waals surface area contributed by atoms with E-state index in [0.29, 0.717) is 24.8 Å². The minimum atomic E-state index is -0.241. The number of benzene rings is 1. The molecule has 2 heterocycles. The molecule has 0 unspecified atom stereocenters. The van der Waals surface area contributed by atoms with Crippen LogP contribution in [0.1, 0.15) is 0 Å². The molecule has 1 aliphatic heterocycles. The van der Waals surface area contributed by atoms with Crippen LogP contribution in [0.3, 0.4) is 0 Å². The predicted molar refractivity (Wildman–Crippen MR) is 60.3 cm³/mol. The Kier molecular flexibility index (Phi) is 2.14. The van der Waals surface area contributed by atoms with Gasteiger partial charge >= 0.3 is 5.69 Å². The fourth-order valence-corrected chi connectivity index (χ4v) is 1.72. The first-order valence-corrected chi connectivity index (χ1v) is 5.27. The average molecular weight is 233 g/mol. The summed E-state index contributed by atoms with van der Waals surface area (Å²) in [6.45, 7) is 1.10. The number of hydrogen-bond acceptors (Lipinski definition) is 4. The summed E-state index contributed by atoms with van der Waals surface area (Å²) in [6.07, 6.45) is 0. The highest BCUT2D eigenvalue weighted by atomic mass is 16.6. The Labute approximate surface area is 96.8 Å². The summed E-state index contributed by atoms with van der Waals surface area (Å²) in [5.74, 6) is 1.92. The number of rotatable bonds is 1. The first-order chi connectivity index (χ1) is 8.24. The van der Waals surface area contributed by atoms with Crippen molar-refractivity contribution < 1.29 is 9.47 Å². The molecule has 0 saturated heterocycles. The highest BCUT2D eigenvalue weighted by Gasteiger charge is 2.14. The van der Waals surface area contributed by atoms with Gasteiger partial charge in [-0.05, 0) is 18.2 Å². The molecule has 0 bridgehead atoms. The van der Waals surface area contributed by atoms with Crippen LogP contribution in [0.2, 0.25) is 0 Å². The normalized spacial score (nSPS) is 13.7. The van der Waals surface area contributed by atoms with Crippen molar-refractivity contribution in [2.75, 3.05) is 13.2 Å². The largest absolute Gasteiger partial charge is 0.486 e. The zero-order valence-corrected chi connectivity index (χ0v) is 9.27. The van der Waals surface area contributed by atoms with Crippen molar-refractivity contribution in [1.82, 2.24) is 14.8 Å². The fourth-order valence-electron chi connectivity index (χ4n) is 1.72. The molecular formula is C11H11N3O3. The molecule has 0 radical (unpaired) electrons. The number of nitrogens with zero attached hydrogens (tertiary/aromatic N) is 2. The summed E-state index contributed by atoms with van der Waals surface area (Å²) >= 11 is 0. The molecule has 88 valence electrons. The summed E-state index contributed by atoms with van der Waals surface area (Å²) in [7, 11) is 1.60. The van der Waals surface area contributed by atoms with Gasteiger partial charge in [0, 0.05) is 12.6 Å². The van der Waals surface area contributed by atoms with Crippen molar-refractivity contribution >= 4 is 0 Å². The van der Waals surface area contributed by atoms with Gasteiger partial charge in [0.25, 0.3) is 0 Å². The molecule has 6 nitrogen and oxygen atoms in total. The number of fused-ring (bicyclic) bond motifs is 1. The van der Waals surface area contributed by atoms with Gasteiger partial charge in [0.05, 0.1) is 0 Å². The Morgan fingerprint density at radius 1 is 1.29 bits per heavy atom. The third kappa shape index (κ3) is 1.67. The van der Waals surface area contributed by atoms with E-state index in [4.69, 9.17) is 9.47 Å². The summed E-state index contributed by atoms with van der Waals surface area (Å²) < 4.78 is 12.1. The molecular weight excluding hydrogens is 222 g/mol. The summed E-state index contributed by atoms with van der Waals surface area (Å²) in [4.78, 5) is 14.0. The molecule has 0 aliphatic carbocycles. The van der Waals surface area contributed by atoms with E-state index in [2.05, 4.69) is 10.1 Å². The van der Waals surface area contributed by atoms with Crippen LogP contribution < -0.4 is 15.2 Å². The lowest BCUT2D eigenvalue weighted by Crippen LogP contribution is -2.15. The molecule has 0 saturated carbocycles. The highest BCUT2D eigenvalue weighted by molar-refractivity contribution is 5.60. The second kappa shape index (κ2) is 3.65. The van der Waals surface area contributed by atoms with E-state index >= 15 is 0 Å². The van der Waals surface area contributed by atoms with Crippen molar-refractivity contribution in [3.05, 3.63) is 28.7 Å². The maximum absolute atomic E-state index is 11.3. The molecule has 0 fully saturated rings. The third-order valence-electron chi connectivity index (χ3n) is 2.58. The number of ether oxygens (including phenoxy) is 2. The summed E-state index contributed by atoms with van der Waals surface area (Å²) in [5, 5.41) is 4.08. The number of aromatic nitrogens is 3. The van der Waals surface area contributed by atoms with E-state index in [1.807, 2.05) is 18.2 Å². The van der Waals surface area contributed by atoms with Gasteiger partial charge in [0.1, 0.15) is 13.2 Å². The number of hydrogen-bond donors (Lipinski definition) is 1. The maximum atomic E-state index is 11.3. The number of aryl methyl sites for hydroxylation is 1. The third-order valence-corrected chi connectivity index (χ3v) is 2.58. The van der Waals surface area contributed by atoms with Crippen molar-refractivity contribution in [3.8, 4) is 22.9 Å². The predicted octanol–water partition coefficient (Wildman–Crippen LogP) is 0.547. The quantitative estimate of drug-likeness (QED) is 0.780. The second-order valence-corrected chi connectivity index (χ2v) is 3.76. The highest BCUT2D eigenvalue weighted by Crippen LogP contribution is 2.33. The summed E-state index contributed by atoms with van der Waals surface area (Å²) in [5.41, 5.74) is 0.557. The van der Waals surface area contributed by atoms with Crippen LogP contribution in [0, 0.1) is 0 Å². The number of aromatic amines is 1. The Balaban J connectivity index is 2.06. The van der Waals surface area contributed by atoms with Crippen LogP contribution in [0.25, 0.3) is 11.4 Å². The minimum Gasteiger partial charge on any atom is -0.486 e. The first-order valence-electron chi connectivity index (χ1n) is 5.27. The van der Waals surface area contributed by atoms with Crippen LogP contribution in [0.4, 0.5) is 0 Å². The summed E-state index contributed by atoms with van der Waals surface area (Å²) in [6, 6.07) is 5.47. The molecule has 1 N–H and O–H groups in total. The number of H-pyrrole nitrogens is 1. The Morgan fingerprint density at radius 3 is 2.76 bits per heavy atom. The Bertz CT molecular complexity index is 615. The lowest BCUT2D eigenvalue weighted by molar-refractivity contribution is 0.171. The van der Waals surface area contributed by atoms with E-state index < -0.39 is 0 Å². The molecule has 2 aromatic rings. The SMILES string of the molecule is Cn1nc(-c2ccc3c(c2)OCCO3)[nH]c1=O. The van der Waals surface area contributed by atoms with Gasteiger partial charge in [-0.1, -0.05) is 0 Å². The monoisotopic (exact) mass is 233 g/mol. The van der Waals surface area contributed by atoms with Gasteiger partial charge in [0.2, 0.25) is 0 Å². The zero-order chi connectivity index (χ0) is 11.8. The van der Waals surface area contributed by atoms with Crippen LogP contribution >= 0.6 is 0 Å². The molecule has 0 spiro atoms. The molecule has 1 aliphatic rings. The van der Waals surface area contributed by atoms with Gasteiger partial charge in [-0.25, -0.2) is 9.48 Å². The van der Waals surface area contributed by atoms with E-state index in [9.17, 15) is 4.79 Å². The van der Waals surface area contributed by atoms with Crippen molar-refractivity contribution in [2.45, 2.75) is 0 Å². The molecule has 0 atom stereocenters. The van der Waals surface area contributed by atoms with E-state index in [1.165, 1.54) is 4.68 Å². The molecule has 1 aromatic heterocycles. The maximum Gasteiger partial charge on any atom is 0.343 e. The minimum absolute atomic E-state index is 0.241. The van der Waals surface area contributed by atoms with Gasteiger partial charge in [-0.2, -0.15) is 5.10 Å².